The molecule has 5 N–H and O–H groups in total. The first-order valence-electron chi connectivity index (χ1n) is 47.2. The van der Waals surface area contributed by atoms with E-state index in [-0.39, 0.29) is 123 Å². The van der Waals surface area contributed by atoms with E-state index in [0.29, 0.717) is 70.6 Å². The lowest BCUT2D eigenvalue weighted by Crippen LogP contribution is -2.44. The maximum Gasteiger partial charge on any atom is 0.251 e. The highest BCUT2D eigenvalue weighted by Gasteiger charge is 2.56. The molecule has 29 rings (SSSR count). The van der Waals surface area contributed by atoms with E-state index in [4.69, 9.17) is 91.5 Å². The van der Waals surface area contributed by atoms with Crippen molar-refractivity contribution < 1.29 is 71.4 Å². The van der Waals surface area contributed by atoms with Gasteiger partial charge in [-0.2, -0.15) is 0 Å². The number of Topliss-reactive ketones (excluding diaryl/α,β-unsaturated/α-hetero) is 1. The molecule has 33 heteroatoms. The molecule has 5 aromatic heterocycles. The number of fused-ring (bicyclic) bond motifs is 24. The van der Waals surface area contributed by atoms with Crippen LogP contribution in [-0.2, 0) is 60.9 Å². The molecule has 19 heterocycles. The summed E-state index contributed by atoms with van der Waals surface area (Å²) in [5.74, 6) is 6.74. The van der Waals surface area contributed by atoms with Crippen molar-refractivity contribution in [3.63, 3.8) is 0 Å². The van der Waals surface area contributed by atoms with Crippen molar-refractivity contribution in [1.29, 1.82) is 0 Å². The fourth-order valence-corrected chi connectivity index (χ4v) is 24.7. The van der Waals surface area contributed by atoms with Gasteiger partial charge >= 0.3 is 0 Å². The number of ether oxygens (including phenoxy) is 9. The molecule has 2 unspecified atom stereocenters. The highest BCUT2D eigenvalue weighted by molar-refractivity contribution is 7.80. The number of ketones is 1. The number of hydrogen-bond acceptors (Lipinski definition) is 19. The van der Waals surface area contributed by atoms with Crippen LogP contribution in [0.4, 0.5) is 0 Å². The number of aromatic amines is 5. The van der Waals surface area contributed by atoms with Crippen LogP contribution in [0.5, 0.6) is 51.7 Å². The summed E-state index contributed by atoms with van der Waals surface area (Å²) < 4.78 is 49.5. The fourth-order valence-electron chi connectivity index (χ4n) is 23.3. The van der Waals surface area contributed by atoms with Gasteiger partial charge in [-0.1, -0.05) is 141 Å². The summed E-state index contributed by atoms with van der Waals surface area (Å²) in [5, 5.41) is 8.11. The monoisotopic (exact) mass is 1950 g/mol. The third-order valence-corrected chi connectivity index (χ3v) is 31.9. The number of likely N-dealkylation sites (N-methyl/N-ethyl adjacent to an activating group) is 3. The van der Waals surface area contributed by atoms with E-state index in [1.54, 1.807) is 47.9 Å². The number of carbonyl (C=O) groups is 6. The van der Waals surface area contributed by atoms with E-state index in [1.165, 1.54) is 27.6 Å². The number of thiocarbonyl (C=S) groups is 4. The van der Waals surface area contributed by atoms with E-state index >= 15 is 0 Å². The predicted octanol–water partition coefficient (Wildman–Crippen LogP) is 16.0. The summed E-state index contributed by atoms with van der Waals surface area (Å²) in [6, 6.07) is 70.2. The van der Waals surface area contributed by atoms with Crippen molar-refractivity contribution >= 4 is 159 Å². The molecule has 14 aliphatic heterocycles. The van der Waals surface area contributed by atoms with Crippen LogP contribution in [-0.4, -0.2) is 217 Å². The van der Waals surface area contributed by atoms with Gasteiger partial charge in [-0.15, -0.1) is 0 Å². The third-order valence-electron chi connectivity index (χ3n) is 30.0. The van der Waals surface area contributed by atoms with Gasteiger partial charge in [0, 0.05) is 143 Å². The quantitative estimate of drug-likeness (QED) is 0.0663. The summed E-state index contributed by atoms with van der Waals surface area (Å²) in [7, 11) is 6.94. The number of nitrogens with zero attached hydrogens (tertiary/aromatic N) is 9. The molecule has 5 saturated heterocycles. The summed E-state index contributed by atoms with van der Waals surface area (Å²) >= 11 is 22.8. The van der Waals surface area contributed by atoms with E-state index in [1.807, 2.05) is 150 Å². The number of rotatable bonds is 9. The number of benzene rings is 10. The standard InChI is InChI=1S/C24H25N3O2S.3C21H17N3O3S.C21H16N2O4/c1-3-4-13-26-23(28)20-14-18-17-7-5-6-8-19(17)25-21(18)22(27(20)24(26)30)15-9-11-16(29-2)12-10-15;3*1-23-20(25)15-9-13-12-4-2-3-5-14(12)22-18(13)19(24(15)21(23)28)11-6-7-16-17(8-11)27-10-26-16;24-16-9-19(25)23-15(16)8-13-12-3-1-2-4-14(12)22-20(13)21(23)11-5-6-17-18(7-11)27-10-26-17/h5-12,20,22,25H,3-4,13-14H2,1-2H3;3*2-8,15,19,22H,9-10H2,1H3;1-7,15,21-22H,8-10H2/t20-,22-;2*15-,19+;15-,19-;/m0001./s1. The number of H-pyrrole nitrogens is 5. The first kappa shape index (κ1) is 87.2. The molecule has 0 saturated carbocycles. The lowest BCUT2D eigenvalue weighted by atomic mass is 9.88. The van der Waals surface area contributed by atoms with Crippen LogP contribution < -0.4 is 42.6 Å². The molecule has 5 amide bonds. The lowest BCUT2D eigenvalue weighted by Gasteiger charge is -2.37. The molecule has 0 aliphatic carbocycles. The zero-order valence-corrected chi connectivity index (χ0v) is 80.3. The minimum absolute atomic E-state index is 0.00155. The first-order chi connectivity index (χ1) is 68.7. The van der Waals surface area contributed by atoms with Gasteiger partial charge in [0.25, 0.3) is 23.6 Å². The van der Waals surface area contributed by atoms with E-state index in [9.17, 15) is 28.8 Å². The maximum absolute atomic E-state index is 13.4. The first-order valence-corrected chi connectivity index (χ1v) is 48.8. The van der Waals surface area contributed by atoms with Crippen molar-refractivity contribution in [3.8, 4) is 51.7 Å². The van der Waals surface area contributed by atoms with Gasteiger partial charge in [-0.05, 0) is 202 Å². The number of amides is 5. The molecular weight excluding hydrogens is 1860 g/mol. The Hall–Kier alpha value is -15.3. The topological polar surface area (TPSA) is 294 Å². The average molecular weight is 1950 g/mol. The molecule has 141 heavy (non-hydrogen) atoms. The number of carbonyl (C=O) groups excluding carboxylic acids is 6. The third kappa shape index (κ3) is 13.9. The smallest absolute Gasteiger partial charge is 0.251 e. The number of aromatic nitrogens is 5. The lowest BCUT2D eigenvalue weighted by molar-refractivity contribution is -0.131. The Morgan fingerprint density at radius 2 is 0.589 bits per heavy atom. The number of unbranched alkanes of at least 4 members (excludes halogenated alkanes) is 1. The van der Waals surface area contributed by atoms with Gasteiger partial charge in [0.15, 0.2) is 72.2 Å². The van der Waals surface area contributed by atoms with E-state index in [0.717, 1.165) is 164 Å². The maximum atomic E-state index is 13.4. The molecule has 708 valence electrons. The van der Waals surface area contributed by atoms with Crippen LogP contribution in [0, 0.1) is 0 Å². The largest absolute Gasteiger partial charge is 0.497 e. The van der Waals surface area contributed by atoms with Crippen LogP contribution in [0.3, 0.4) is 0 Å². The van der Waals surface area contributed by atoms with Gasteiger partial charge in [0.1, 0.15) is 29.9 Å². The normalized spacial score (nSPS) is 22.3. The van der Waals surface area contributed by atoms with Crippen LogP contribution in [0.25, 0.3) is 54.5 Å². The van der Waals surface area contributed by atoms with Crippen molar-refractivity contribution in [1.82, 2.24) is 69.0 Å². The molecule has 5 fully saturated rings. The summed E-state index contributed by atoms with van der Waals surface area (Å²) in [4.78, 5) is 112. The van der Waals surface area contributed by atoms with Gasteiger partial charge in [-0.3, -0.25) is 48.4 Å². The minimum Gasteiger partial charge on any atom is -0.497 e. The van der Waals surface area contributed by atoms with Crippen LogP contribution in [0.1, 0.15) is 140 Å². The number of methoxy groups -OCH3 is 1. The number of nitrogens with one attached hydrogen (secondary N) is 5. The second-order valence-electron chi connectivity index (χ2n) is 37.4. The Kier molecular flexibility index (Phi) is 21.1. The minimum atomic E-state index is -0.403. The summed E-state index contributed by atoms with van der Waals surface area (Å²) in [6.07, 6.45) is 5.13. The van der Waals surface area contributed by atoms with E-state index < -0.39 is 6.04 Å². The van der Waals surface area contributed by atoms with Crippen molar-refractivity contribution in [2.75, 3.05) is 62.0 Å². The van der Waals surface area contributed by atoms with Gasteiger partial charge in [0.05, 0.1) is 49.8 Å². The van der Waals surface area contributed by atoms with Crippen LogP contribution >= 0.6 is 48.9 Å². The zero-order valence-electron chi connectivity index (χ0n) is 77.0. The molecule has 14 aliphatic rings. The highest BCUT2D eigenvalue weighted by Crippen LogP contribution is 2.54. The average Bonchev–Trinajstić information content (AvgIpc) is 1.58. The second-order valence-corrected chi connectivity index (χ2v) is 38.8. The van der Waals surface area contributed by atoms with Crippen LogP contribution in [0.2, 0.25) is 0 Å². The Labute approximate surface area is 828 Å². The predicted molar refractivity (Wildman–Crippen MR) is 541 cm³/mol. The molecule has 15 aromatic rings. The molecule has 29 nitrogen and oxygen atoms in total. The van der Waals surface area contributed by atoms with Crippen molar-refractivity contribution in [2.45, 2.75) is 119 Å². The number of hydrogen-bond donors (Lipinski definition) is 5. The Morgan fingerprint density at radius 1 is 0.319 bits per heavy atom. The fraction of sp³-hybridized carbons (Fsp3) is 0.259. The van der Waals surface area contributed by atoms with Gasteiger partial charge in [-0.25, -0.2) is 0 Å². The van der Waals surface area contributed by atoms with Crippen molar-refractivity contribution in [2.24, 2.45) is 0 Å². The zero-order chi connectivity index (χ0) is 95.9. The Morgan fingerprint density at radius 3 is 0.901 bits per heavy atom. The number of para-hydroxylation sites is 5. The highest BCUT2D eigenvalue weighted by atomic mass is 32.1. The Bertz CT molecular complexity index is 7440. The van der Waals surface area contributed by atoms with Crippen molar-refractivity contribution in [3.05, 3.63) is 302 Å². The second kappa shape index (κ2) is 34.0. The van der Waals surface area contributed by atoms with Gasteiger partial charge in [0.2, 0.25) is 33.1 Å². The Balaban J connectivity index is 0.0000000929. The molecule has 10 atom stereocenters. The van der Waals surface area contributed by atoms with E-state index in [2.05, 4.69) is 124 Å². The summed E-state index contributed by atoms with van der Waals surface area (Å²) in [5.41, 5.74) is 21.7. The molecular formula is C108H92N14O15S4. The summed E-state index contributed by atoms with van der Waals surface area (Å²) in [6.45, 7) is 3.71. The SMILES string of the molecule is CCCCN1C(=O)[C@@H]2Cc3c([nH]c4ccccc34)[C@H](c3ccc(OC)cc3)N2C1=S.CN1C(=O)[C@@H]2Cc3c([nH]c4ccccc34)[C@@H](c3ccc4c(c3)OCO4)N2C1=S.CN1C(=O)[C@@H]2Cc3c([nH]c4ccccc34)[C@@H](c3ccc4c(c3)OCO4)N2C1=S.CN1C(=O)[C@H]2Cc3c([nH]c4ccccc34)[C@@H](c3ccc4c(c3)OCO4)N2C1=S.O=C1CC(=O)N2C1Cc1c([nH]c3ccccc13)C2c1ccc2c(c1)OCO2. The van der Waals surface area contributed by atoms with Crippen LogP contribution in [0.15, 0.2) is 218 Å². The molecule has 0 bridgehead atoms. The molecule has 0 radical (unpaired) electrons. The molecule has 10 aromatic carbocycles. The molecule has 0 spiro atoms. The van der Waals surface area contributed by atoms with Gasteiger partial charge < -0.3 is 92.1 Å².